The normalized spacial score (nSPS) is 28.4. The third kappa shape index (κ3) is 2.75. The van der Waals surface area contributed by atoms with Crippen LogP contribution < -0.4 is 5.32 Å². The summed E-state index contributed by atoms with van der Waals surface area (Å²) in [6.07, 6.45) is 4.52. The van der Waals surface area contributed by atoms with E-state index >= 15 is 0 Å². The van der Waals surface area contributed by atoms with E-state index in [0.29, 0.717) is 23.3 Å². The molecule has 5 heteroatoms. The van der Waals surface area contributed by atoms with E-state index in [1.165, 1.54) is 38.2 Å². The molecule has 4 nitrogen and oxygen atoms in total. The van der Waals surface area contributed by atoms with E-state index in [9.17, 15) is 9.18 Å². The van der Waals surface area contributed by atoms with Gasteiger partial charge < -0.3 is 15.0 Å². The van der Waals surface area contributed by atoms with Crippen molar-refractivity contribution in [1.29, 1.82) is 0 Å². The number of anilines is 1. The van der Waals surface area contributed by atoms with Crippen molar-refractivity contribution in [1.82, 2.24) is 4.90 Å². The minimum atomic E-state index is -0.437. The van der Waals surface area contributed by atoms with Gasteiger partial charge in [0, 0.05) is 18.1 Å². The monoisotopic (exact) mass is 292 g/mol. The first kappa shape index (κ1) is 14.3. The SMILES string of the molecule is COC(=O)c1ccc(F)cc1NC1CC2CCC(C1)N2C. The van der Waals surface area contributed by atoms with Gasteiger partial charge in [-0.1, -0.05) is 0 Å². The Morgan fingerprint density at radius 1 is 1.33 bits per heavy atom. The number of carbonyl (C=O) groups excluding carboxylic acids is 1. The van der Waals surface area contributed by atoms with Crippen LogP contribution in [0.15, 0.2) is 18.2 Å². The van der Waals surface area contributed by atoms with Gasteiger partial charge in [-0.15, -0.1) is 0 Å². The zero-order chi connectivity index (χ0) is 15.0. The van der Waals surface area contributed by atoms with Gasteiger partial charge in [-0.2, -0.15) is 0 Å². The Bertz CT molecular complexity index is 535. The molecule has 0 aliphatic carbocycles. The highest BCUT2D eigenvalue weighted by Gasteiger charge is 2.38. The summed E-state index contributed by atoms with van der Waals surface area (Å²) in [5, 5.41) is 3.36. The van der Waals surface area contributed by atoms with E-state index in [1.807, 2.05) is 0 Å². The fourth-order valence-corrected chi connectivity index (χ4v) is 3.67. The lowest BCUT2D eigenvalue weighted by molar-refractivity contribution is 0.0601. The number of hydrogen-bond donors (Lipinski definition) is 1. The highest BCUT2D eigenvalue weighted by atomic mass is 19.1. The molecule has 0 spiro atoms. The molecule has 2 bridgehead atoms. The number of ether oxygens (including phenoxy) is 1. The number of fused-ring (bicyclic) bond motifs is 2. The van der Waals surface area contributed by atoms with Gasteiger partial charge in [0.15, 0.2) is 0 Å². The van der Waals surface area contributed by atoms with Crippen LogP contribution in [0.5, 0.6) is 0 Å². The van der Waals surface area contributed by atoms with Gasteiger partial charge >= 0.3 is 5.97 Å². The minimum Gasteiger partial charge on any atom is -0.465 e. The van der Waals surface area contributed by atoms with Crippen LogP contribution in [0, 0.1) is 5.82 Å². The zero-order valence-corrected chi connectivity index (χ0v) is 12.4. The fourth-order valence-electron chi connectivity index (χ4n) is 3.67. The van der Waals surface area contributed by atoms with Crippen LogP contribution in [0.3, 0.4) is 0 Å². The standard InChI is InChI=1S/C16H21FN2O2/c1-19-12-4-5-13(19)9-11(8-12)18-15-7-10(17)3-6-14(15)16(20)21-2/h3,6-7,11-13,18H,4-5,8-9H2,1-2H3. The van der Waals surface area contributed by atoms with E-state index in [0.717, 1.165) is 12.8 Å². The summed E-state index contributed by atoms with van der Waals surface area (Å²) in [5.41, 5.74) is 0.931. The second-order valence-corrected chi connectivity index (χ2v) is 6.04. The van der Waals surface area contributed by atoms with Crippen molar-refractivity contribution in [2.75, 3.05) is 19.5 Å². The van der Waals surface area contributed by atoms with Gasteiger partial charge in [0.25, 0.3) is 0 Å². The van der Waals surface area contributed by atoms with Crippen LogP contribution in [-0.2, 0) is 4.74 Å². The summed E-state index contributed by atoms with van der Waals surface area (Å²) in [6.45, 7) is 0. The van der Waals surface area contributed by atoms with Gasteiger partial charge in [-0.25, -0.2) is 9.18 Å². The van der Waals surface area contributed by atoms with Crippen molar-refractivity contribution in [3.8, 4) is 0 Å². The highest BCUT2D eigenvalue weighted by molar-refractivity contribution is 5.95. The smallest absolute Gasteiger partial charge is 0.339 e. The predicted octanol–water partition coefficient (Wildman–Crippen LogP) is 2.65. The summed E-state index contributed by atoms with van der Waals surface area (Å²) >= 11 is 0. The molecule has 0 radical (unpaired) electrons. The average Bonchev–Trinajstić information content (AvgIpc) is 2.69. The van der Waals surface area contributed by atoms with E-state index < -0.39 is 5.97 Å². The molecule has 2 unspecified atom stereocenters. The van der Waals surface area contributed by atoms with Gasteiger partial charge in [-0.05, 0) is 50.9 Å². The van der Waals surface area contributed by atoms with E-state index in [-0.39, 0.29) is 11.9 Å². The zero-order valence-electron chi connectivity index (χ0n) is 12.4. The summed E-state index contributed by atoms with van der Waals surface area (Å²) in [5.74, 6) is -0.783. The molecule has 114 valence electrons. The maximum atomic E-state index is 13.5. The van der Waals surface area contributed by atoms with Gasteiger partial charge in [0.2, 0.25) is 0 Å². The number of methoxy groups -OCH3 is 1. The Labute approximate surface area is 124 Å². The van der Waals surface area contributed by atoms with E-state index in [2.05, 4.69) is 17.3 Å². The second-order valence-electron chi connectivity index (χ2n) is 6.04. The summed E-state index contributed by atoms with van der Waals surface area (Å²) in [7, 11) is 3.52. The molecule has 2 aliphatic heterocycles. The number of esters is 1. The molecule has 1 aromatic carbocycles. The molecule has 0 aromatic heterocycles. The first-order chi connectivity index (χ1) is 10.1. The third-order valence-corrected chi connectivity index (χ3v) is 4.84. The topological polar surface area (TPSA) is 41.6 Å². The molecule has 1 N–H and O–H groups in total. The van der Waals surface area contributed by atoms with Crippen molar-refractivity contribution in [2.45, 2.75) is 43.8 Å². The van der Waals surface area contributed by atoms with Crippen molar-refractivity contribution < 1.29 is 13.9 Å². The Balaban J connectivity index is 1.79. The van der Waals surface area contributed by atoms with Crippen molar-refractivity contribution >= 4 is 11.7 Å². The molecule has 0 amide bonds. The molecule has 21 heavy (non-hydrogen) atoms. The Morgan fingerprint density at radius 2 is 2.00 bits per heavy atom. The van der Waals surface area contributed by atoms with Crippen molar-refractivity contribution in [2.24, 2.45) is 0 Å². The number of nitrogens with zero attached hydrogens (tertiary/aromatic N) is 1. The lowest BCUT2D eigenvalue weighted by atomic mass is 9.97. The first-order valence-corrected chi connectivity index (χ1v) is 7.45. The molecular weight excluding hydrogens is 271 g/mol. The molecule has 1 aromatic rings. The van der Waals surface area contributed by atoms with E-state index in [4.69, 9.17) is 4.74 Å². The molecule has 0 saturated carbocycles. The van der Waals surface area contributed by atoms with Crippen LogP contribution in [-0.4, -0.2) is 43.2 Å². The molecular formula is C16H21FN2O2. The lowest BCUT2D eigenvalue weighted by Crippen LogP contribution is -2.44. The summed E-state index contributed by atoms with van der Waals surface area (Å²) in [4.78, 5) is 14.2. The number of hydrogen-bond acceptors (Lipinski definition) is 4. The first-order valence-electron chi connectivity index (χ1n) is 7.45. The average molecular weight is 292 g/mol. The molecule has 2 aliphatic rings. The Morgan fingerprint density at radius 3 is 2.62 bits per heavy atom. The molecule has 2 heterocycles. The van der Waals surface area contributed by atoms with Crippen LogP contribution >= 0.6 is 0 Å². The second kappa shape index (κ2) is 5.64. The lowest BCUT2D eigenvalue weighted by Gasteiger charge is -2.37. The fraction of sp³-hybridized carbons (Fsp3) is 0.562. The van der Waals surface area contributed by atoms with Crippen LogP contribution in [0.4, 0.5) is 10.1 Å². The quantitative estimate of drug-likeness (QED) is 0.870. The maximum Gasteiger partial charge on any atom is 0.339 e. The molecule has 2 saturated heterocycles. The van der Waals surface area contributed by atoms with Gasteiger partial charge in [0.1, 0.15) is 5.82 Å². The molecule has 2 fully saturated rings. The largest absolute Gasteiger partial charge is 0.465 e. The number of carbonyl (C=O) groups is 1. The van der Waals surface area contributed by atoms with Gasteiger partial charge in [-0.3, -0.25) is 0 Å². The van der Waals surface area contributed by atoms with Crippen molar-refractivity contribution in [3.05, 3.63) is 29.6 Å². The number of nitrogens with one attached hydrogen (secondary N) is 1. The molecule has 3 rings (SSSR count). The Kier molecular flexibility index (Phi) is 3.85. The predicted molar refractivity (Wildman–Crippen MR) is 79.0 cm³/mol. The highest BCUT2D eigenvalue weighted by Crippen LogP contribution is 2.35. The number of piperidine rings is 1. The Hall–Kier alpha value is -1.62. The van der Waals surface area contributed by atoms with Crippen LogP contribution in [0.2, 0.25) is 0 Å². The van der Waals surface area contributed by atoms with Crippen molar-refractivity contribution in [3.63, 3.8) is 0 Å². The summed E-state index contributed by atoms with van der Waals surface area (Å²) < 4.78 is 18.3. The summed E-state index contributed by atoms with van der Waals surface area (Å²) in [6, 6.07) is 5.62. The van der Waals surface area contributed by atoms with Gasteiger partial charge in [0.05, 0.1) is 18.4 Å². The number of rotatable bonds is 3. The number of halogens is 1. The van der Waals surface area contributed by atoms with E-state index in [1.54, 1.807) is 0 Å². The van der Waals surface area contributed by atoms with Crippen LogP contribution in [0.25, 0.3) is 0 Å². The molecule has 2 atom stereocenters. The minimum absolute atomic E-state index is 0.281. The third-order valence-electron chi connectivity index (χ3n) is 4.84. The number of benzene rings is 1. The van der Waals surface area contributed by atoms with Crippen LogP contribution in [0.1, 0.15) is 36.0 Å². The maximum absolute atomic E-state index is 13.5.